The first-order chi connectivity index (χ1) is 22.9. The standard InChI is InChI=1S/C36H37FN8O2/c1-45(2)10-11-47-27-15-23(13-25(37)16-27)35-28-18-32(42-30(28)8-9-39-35)36-29-17-31(40-21-33(29)43-44-36)24-14-26(20-38-19-24)41-34(46)12-22-6-4-3-5-7-22/h8-9,13-22,42H,3-7,10-12H2,1-2H3,(H,41,46)(H,43,44). The third-order valence-electron chi connectivity index (χ3n) is 8.72. The van der Waals surface area contributed by atoms with Crippen molar-refractivity contribution in [1.82, 2.24) is 35.0 Å². The third-order valence-corrected chi connectivity index (χ3v) is 8.72. The SMILES string of the molecule is CN(C)CCOc1cc(F)cc(-c2nccc3[nH]c(-c4n[nH]c5cnc(-c6cncc(NC(=O)CC7CCCCC7)c6)cc45)cc23)c1. The molecule has 0 unspecified atom stereocenters. The first-order valence-corrected chi connectivity index (χ1v) is 16.1. The first kappa shape index (κ1) is 30.5. The molecule has 5 aromatic heterocycles. The predicted octanol–water partition coefficient (Wildman–Crippen LogP) is 7.22. The van der Waals surface area contributed by atoms with Crippen LogP contribution < -0.4 is 10.1 Å². The highest BCUT2D eigenvalue weighted by molar-refractivity contribution is 6.00. The molecule has 240 valence electrons. The molecule has 5 heterocycles. The number of pyridine rings is 3. The molecule has 3 N–H and O–H groups in total. The maximum absolute atomic E-state index is 14.7. The molecular formula is C36H37FN8O2. The summed E-state index contributed by atoms with van der Waals surface area (Å²) >= 11 is 0. The van der Waals surface area contributed by atoms with E-state index in [4.69, 9.17) is 4.74 Å². The Labute approximate surface area is 271 Å². The van der Waals surface area contributed by atoms with Gasteiger partial charge in [-0.05, 0) is 69.3 Å². The van der Waals surface area contributed by atoms with Crippen LogP contribution in [0.2, 0.25) is 0 Å². The Kier molecular flexibility index (Phi) is 8.62. The largest absolute Gasteiger partial charge is 0.492 e. The van der Waals surface area contributed by atoms with Gasteiger partial charge in [-0.1, -0.05) is 19.3 Å². The van der Waals surface area contributed by atoms with Crippen LogP contribution in [0.25, 0.3) is 55.7 Å². The molecular weight excluding hydrogens is 595 g/mol. The number of hydrogen-bond acceptors (Lipinski definition) is 7. The molecule has 0 bridgehead atoms. The number of likely N-dealkylation sites (N-methyl/N-ethyl adjacent to an activating group) is 1. The monoisotopic (exact) mass is 632 g/mol. The second-order valence-corrected chi connectivity index (χ2v) is 12.5. The molecule has 0 atom stereocenters. The Morgan fingerprint density at radius 3 is 2.66 bits per heavy atom. The van der Waals surface area contributed by atoms with Crippen molar-refractivity contribution in [2.45, 2.75) is 38.5 Å². The number of benzene rings is 1. The summed E-state index contributed by atoms with van der Waals surface area (Å²) in [5, 5.41) is 12.4. The average molecular weight is 633 g/mol. The summed E-state index contributed by atoms with van der Waals surface area (Å²) in [6, 6.07) is 12.4. The number of rotatable bonds is 10. The fourth-order valence-electron chi connectivity index (χ4n) is 6.33. The molecule has 0 aliphatic heterocycles. The summed E-state index contributed by atoms with van der Waals surface area (Å²) in [5.41, 5.74) is 6.50. The van der Waals surface area contributed by atoms with E-state index in [0.717, 1.165) is 45.9 Å². The lowest BCUT2D eigenvalue weighted by Crippen LogP contribution is -2.19. The van der Waals surface area contributed by atoms with Crippen molar-refractivity contribution < 1.29 is 13.9 Å². The number of H-pyrrole nitrogens is 2. The van der Waals surface area contributed by atoms with Crippen molar-refractivity contribution in [3.8, 4) is 39.7 Å². The molecule has 7 rings (SSSR count). The summed E-state index contributed by atoms with van der Waals surface area (Å²) in [6.07, 6.45) is 13.3. The summed E-state index contributed by atoms with van der Waals surface area (Å²) < 4.78 is 20.5. The zero-order valence-electron chi connectivity index (χ0n) is 26.5. The van der Waals surface area contributed by atoms with E-state index in [9.17, 15) is 9.18 Å². The maximum Gasteiger partial charge on any atom is 0.224 e. The van der Waals surface area contributed by atoms with Gasteiger partial charge in [0.05, 0.1) is 40.7 Å². The molecule has 1 aromatic carbocycles. The molecule has 0 radical (unpaired) electrons. The third kappa shape index (κ3) is 6.85. The van der Waals surface area contributed by atoms with E-state index in [2.05, 4.69) is 35.5 Å². The lowest BCUT2D eigenvalue weighted by Gasteiger charge is -2.20. The molecule has 10 nitrogen and oxygen atoms in total. The number of hydrogen-bond donors (Lipinski definition) is 3. The summed E-state index contributed by atoms with van der Waals surface area (Å²) in [4.78, 5) is 31.9. The number of amides is 1. The van der Waals surface area contributed by atoms with Gasteiger partial charge >= 0.3 is 0 Å². The number of aromatic amines is 2. The molecule has 1 saturated carbocycles. The average Bonchev–Trinajstić information content (AvgIpc) is 3.69. The van der Waals surface area contributed by atoms with Gasteiger partial charge in [0.2, 0.25) is 5.91 Å². The van der Waals surface area contributed by atoms with E-state index in [1.54, 1.807) is 24.8 Å². The van der Waals surface area contributed by atoms with Gasteiger partial charge < -0.3 is 19.9 Å². The highest BCUT2D eigenvalue weighted by Gasteiger charge is 2.19. The number of carbonyl (C=O) groups excluding carboxylic acids is 1. The molecule has 6 aromatic rings. The van der Waals surface area contributed by atoms with E-state index >= 15 is 0 Å². The Bertz CT molecular complexity index is 2050. The Morgan fingerprint density at radius 1 is 0.957 bits per heavy atom. The molecule has 1 amide bonds. The second-order valence-electron chi connectivity index (χ2n) is 12.5. The Morgan fingerprint density at radius 2 is 1.81 bits per heavy atom. The predicted molar refractivity (Wildman–Crippen MR) is 181 cm³/mol. The van der Waals surface area contributed by atoms with Gasteiger partial charge in [-0.15, -0.1) is 0 Å². The molecule has 1 aliphatic rings. The molecule has 0 spiro atoms. The van der Waals surface area contributed by atoms with Crippen LogP contribution in [-0.2, 0) is 4.79 Å². The van der Waals surface area contributed by atoms with Crippen LogP contribution in [0.1, 0.15) is 38.5 Å². The zero-order chi connectivity index (χ0) is 32.3. The van der Waals surface area contributed by atoms with Crippen LogP contribution in [0.4, 0.5) is 10.1 Å². The van der Waals surface area contributed by atoms with Crippen LogP contribution in [-0.4, -0.2) is 68.2 Å². The smallest absolute Gasteiger partial charge is 0.224 e. The minimum atomic E-state index is -0.391. The lowest BCUT2D eigenvalue weighted by atomic mass is 9.87. The van der Waals surface area contributed by atoms with Crippen molar-refractivity contribution in [2.24, 2.45) is 5.92 Å². The van der Waals surface area contributed by atoms with E-state index in [0.29, 0.717) is 59.6 Å². The minimum absolute atomic E-state index is 0.0235. The summed E-state index contributed by atoms with van der Waals surface area (Å²) in [5.74, 6) is 0.545. The normalized spacial score (nSPS) is 13.9. The Balaban J connectivity index is 1.16. The van der Waals surface area contributed by atoms with Gasteiger partial charge in [-0.25, -0.2) is 4.39 Å². The topological polar surface area (TPSA) is 125 Å². The van der Waals surface area contributed by atoms with Gasteiger partial charge in [0.1, 0.15) is 23.9 Å². The van der Waals surface area contributed by atoms with Gasteiger partial charge in [0.25, 0.3) is 0 Å². The highest BCUT2D eigenvalue weighted by atomic mass is 19.1. The number of nitrogens with one attached hydrogen (secondary N) is 3. The van der Waals surface area contributed by atoms with E-state index < -0.39 is 5.82 Å². The summed E-state index contributed by atoms with van der Waals surface area (Å²) in [6.45, 7) is 1.16. The van der Waals surface area contributed by atoms with Crippen LogP contribution in [0.15, 0.2) is 67.3 Å². The van der Waals surface area contributed by atoms with Gasteiger partial charge in [-0.3, -0.25) is 24.8 Å². The fraction of sp³-hybridized carbons (Fsp3) is 0.306. The zero-order valence-corrected chi connectivity index (χ0v) is 26.5. The van der Waals surface area contributed by atoms with Crippen molar-refractivity contribution in [1.29, 1.82) is 0 Å². The van der Waals surface area contributed by atoms with E-state index in [-0.39, 0.29) is 5.91 Å². The number of halogens is 1. The number of aromatic nitrogens is 6. The highest BCUT2D eigenvalue weighted by Crippen LogP contribution is 2.35. The van der Waals surface area contributed by atoms with Crippen LogP contribution in [0, 0.1) is 11.7 Å². The maximum atomic E-state index is 14.7. The second kappa shape index (κ2) is 13.3. The quantitative estimate of drug-likeness (QED) is 0.146. The van der Waals surface area contributed by atoms with Gasteiger partial charge in [0.15, 0.2) is 0 Å². The molecule has 0 saturated heterocycles. The number of carbonyl (C=O) groups is 1. The van der Waals surface area contributed by atoms with Crippen molar-refractivity contribution in [3.05, 3.63) is 73.1 Å². The minimum Gasteiger partial charge on any atom is -0.492 e. The van der Waals surface area contributed by atoms with Crippen molar-refractivity contribution >= 4 is 33.4 Å². The van der Waals surface area contributed by atoms with E-state index in [1.807, 2.05) is 49.3 Å². The Hall–Kier alpha value is -5.16. The fourth-order valence-corrected chi connectivity index (χ4v) is 6.33. The van der Waals surface area contributed by atoms with Crippen LogP contribution in [0.5, 0.6) is 5.75 Å². The molecule has 47 heavy (non-hydrogen) atoms. The van der Waals surface area contributed by atoms with E-state index in [1.165, 1.54) is 31.4 Å². The molecule has 1 aliphatic carbocycles. The number of ether oxygens (including phenoxy) is 1. The first-order valence-electron chi connectivity index (χ1n) is 16.1. The molecule has 11 heteroatoms. The van der Waals surface area contributed by atoms with Crippen LogP contribution in [0.3, 0.4) is 0 Å². The number of fused-ring (bicyclic) bond motifs is 2. The lowest BCUT2D eigenvalue weighted by molar-refractivity contribution is -0.117. The number of anilines is 1. The molecule has 1 fully saturated rings. The van der Waals surface area contributed by atoms with Gasteiger partial charge in [-0.2, -0.15) is 5.10 Å². The van der Waals surface area contributed by atoms with Gasteiger partial charge in [0, 0.05) is 58.8 Å². The number of nitrogens with zero attached hydrogens (tertiary/aromatic N) is 5. The van der Waals surface area contributed by atoms with Crippen LogP contribution >= 0.6 is 0 Å². The van der Waals surface area contributed by atoms with Crippen molar-refractivity contribution in [2.75, 3.05) is 32.6 Å². The summed E-state index contributed by atoms with van der Waals surface area (Å²) in [7, 11) is 3.92. The van der Waals surface area contributed by atoms with Crippen molar-refractivity contribution in [3.63, 3.8) is 0 Å².